The highest BCUT2D eigenvalue weighted by Gasteiger charge is 2.21. The van der Waals surface area contributed by atoms with E-state index in [-0.39, 0.29) is 0 Å². The van der Waals surface area contributed by atoms with Gasteiger partial charge in [0.15, 0.2) is 0 Å². The van der Waals surface area contributed by atoms with Crippen LogP contribution in [0.15, 0.2) is 42.5 Å². The summed E-state index contributed by atoms with van der Waals surface area (Å²) < 4.78 is 0. The summed E-state index contributed by atoms with van der Waals surface area (Å²) in [5, 5.41) is 0. The molecule has 0 heteroatoms. The Labute approximate surface area is 109 Å². The number of hydrogen-bond acceptors (Lipinski definition) is 0. The van der Waals surface area contributed by atoms with E-state index in [4.69, 9.17) is 0 Å². The van der Waals surface area contributed by atoms with Gasteiger partial charge in [-0.05, 0) is 53.0 Å². The predicted octanol–water partition coefficient (Wildman–Crippen LogP) is 4.92. The van der Waals surface area contributed by atoms with Crippen LogP contribution in [-0.4, -0.2) is 0 Å². The largest absolute Gasteiger partial charge is 0.0619 e. The first kappa shape index (κ1) is 10.4. The molecule has 0 spiro atoms. The van der Waals surface area contributed by atoms with Crippen LogP contribution >= 0.6 is 0 Å². The summed E-state index contributed by atoms with van der Waals surface area (Å²) in [5.74, 6) is 0.832. The molecule has 0 bridgehead atoms. The van der Waals surface area contributed by atoms with Crippen LogP contribution in [0.3, 0.4) is 0 Å². The standard InChI is InChI=1S/C18H18/c1-2-6-13(5-1)14-9-10-18-16(11-14)12-15-7-3-4-8-17(15)18/h3-4,7-11,13H,1-2,5-6,12H2. The molecule has 0 saturated heterocycles. The van der Waals surface area contributed by atoms with Crippen molar-refractivity contribution in [1.82, 2.24) is 0 Å². The molecule has 90 valence electrons. The molecular formula is C18H18. The molecule has 18 heavy (non-hydrogen) atoms. The molecule has 0 heterocycles. The monoisotopic (exact) mass is 234 g/mol. The molecule has 0 amide bonds. The molecule has 2 aliphatic carbocycles. The Hall–Kier alpha value is -1.56. The van der Waals surface area contributed by atoms with Gasteiger partial charge in [0.2, 0.25) is 0 Å². The fourth-order valence-corrected chi connectivity index (χ4v) is 3.68. The van der Waals surface area contributed by atoms with E-state index in [2.05, 4.69) is 42.5 Å². The third-order valence-electron chi connectivity index (χ3n) is 4.64. The molecule has 0 atom stereocenters. The second kappa shape index (κ2) is 3.98. The number of rotatable bonds is 1. The number of fused-ring (bicyclic) bond motifs is 3. The molecule has 0 aliphatic heterocycles. The van der Waals surface area contributed by atoms with Gasteiger partial charge >= 0.3 is 0 Å². The molecule has 0 radical (unpaired) electrons. The maximum atomic E-state index is 2.48. The van der Waals surface area contributed by atoms with Crippen molar-refractivity contribution < 1.29 is 0 Å². The maximum Gasteiger partial charge on any atom is -0.00134 e. The highest BCUT2D eigenvalue weighted by atomic mass is 14.3. The summed E-state index contributed by atoms with van der Waals surface area (Å²) in [6.45, 7) is 0. The summed E-state index contributed by atoms with van der Waals surface area (Å²) in [4.78, 5) is 0. The van der Waals surface area contributed by atoms with E-state index in [0.717, 1.165) is 12.3 Å². The zero-order valence-corrected chi connectivity index (χ0v) is 10.7. The second-order valence-electron chi connectivity index (χ2n) is 5.73. The summed E-state index contributed by atoms with van der Waals surface area (Å²) >= 11 is 0. The van der Waals surface area contributed by atoms with Crippen LogP contribution < -0.4 is 0 Å². The first-order valence-electron chi connectivity index (χ1n) is 7.13. The smallest absolute Gasteiger partial charge is 0.00134 e. The van der Waals surface area contributed by atoms with E-state index in [0.29, 0.717) is 0 Å². The second-order valence-corrected chi connectivity index (χ2v) is 5.73. The van der Waals surface area contributed by atoms with E-state index in [1.807, 2.05) is 0 Å². The van der Waals surface area contributed by atoms with Gasteiger partial charge in [-0.15, -0.1) is 0 Å². The lowest BCUT2D eigenvalue weighted by atomic mass is 9.94. The van der Waals surface area contributed by atoms with Crippen LogP contribution in [0.2, 0.25) is 0 Å². The van der Waals surface area contributed by atoms with E-state index in [1.165, 1.54) is 42.4 Å². The Bertz CT molecular complexity index is 589. The zero-order chi connectivity index (χ0) is 11.9. The van der Waals surface area contributed by atoms with Crippen molar-refractivity contribution in [3.05, 3.63) is 59.2 Å². The van der Waals surface area contributed by atoms with Crippen LogP contribution in [0.5, 0.6) is 0 Å². The third-order valence-corrected chi connectivity index (χ3v) is 4.64. The van der Waals surface area contributed by atoms with Crippen molar-refractivity contribution in [2.75, 3.05) is 0 Å². The molecule has 1 fully saturated rings. The lowest BCUT2D eigenvalue weighted by Crippen LogP contribution is -1.93. The van der Waals surface area contributed by atoms with Gasteiger partial charge in [0.1, 0.15) is 0 Å². The zero-order valence-electron chi connectivity index (χ0n) is 10.7. The number of hydrogen-bond donors (Lipinski definition) is 0. The van der Waals surface area contributed by atoms with Crippen LogP contribution in [0, 0.1) is 0 Å². The van der Waals surface area contributed by atoms with E-state index < -0.39 is 0 Å². The Morgan fingerprint density at radius 3 is 2.44 bits per heavy atom. The first-order valence-corrected chi connectivity index (χ1v) is 7.13. The molecule has 4 rings (SSSR count). The summed E-state index contributed by atoms with van der Waals surface area (Å²) in [5.41, 5.74) is 7.54. The maximum absolute atomic E-state index is 2.48. The summed E-state index contributed by atoms with van der Waals surface area (Å²) in [7, 11) is 0. The molecule has 0 unspecified atom stereocenters. The molecule has 1 saturated carbocycles. The summed E-state index contributed by atoms with van der Waals surface area (Å²) in [6.07, 6.45) is 6.76. The average molecular weight is 234 g/mol. The minimum Gasteiger partial charge on any atom is -0.0619 e. The Morgan fingerprint density at radius 2 is 1.56 bits per heavy atom. The topological polar surface area (TPSA) is 0 Å². The molecule has 2 aromatic rings. The van der Waals surface area contributed by atoms with Crippen molar-refractivity contribution >= 4 is 0 Å². The highest BCUT2D eigenvalue weighted by molar-refractivity contribution is 5.77. The highest BCUT2D eigenvalue weighted by Crippen LogP contribution is 2.40. The van der Waals surface area contributed by atoms with E-state index in [9.17, 15) is 0 Å². The van der Waals surface area contributed by atoms with Gasteiger partial charge in [0.05, 0.1) is 0 Å². The van der Waals surface area contributed by atoms with E-state index in [1.54, 1.807) is 11.1 Å². The molecule has 0 N–H and O–H groups in total. The fraction of sp³-hybridized carbons (Fsp3) is 0.333. The van der Waals surface area contributed by atoms with Gasteiger partial charge in [0.25, 0.3) is 0 Å². The quantitative estimate of drug-likeness (QED) is 0.561. The van der Waals surface area contributed by atoms with Crippen molar-refractivity contribution in [2.24, 2.45) is 0 Å². The normalized spacial score (nSPS) is 17.8. The Morgan fingerprint density at radius 1 is 0.778 bits per heavy atom. The van der Waals surface area contributed by atoms with Gasteiger partial charge in [-0.25, -0.2) is 0 Å². The minimum absolute atomic E-state index is 0.832. The van der Waals surface area contributed by atoms with Gasteiger partial charge in [-0.2, -0.15) is 0 Å². The van der Waals surface area contributed by atoms with Crippen LogP contribution in [0.25, 0.3) is 11.1 Å². The molecule has 0 aromatic heterocycles. The van der Waals surface area contributed by atoms with Gasteiger partial charge in [0, 0.05) is 0 Å². The molecule has 2 aliphatic rings. The SMILES string of the molecule is c1ccc2c(c1)Cc1cc(C3CCCC3)ccc1-2. The third kappa shape index (κ3) is 1.52. The van der Waals surface area contributed by atoms with Crippen molar-refractivity contribution in [1.29, 1.82) is 0 Å². The molecule has 0 nitrogen and oxygen atoms in total. The molecular weight excluding hydrogens is 216 g/mol. The predicted molar refractivity (Wildman–Crippen MR) is 75.9 cm³/mol. The van der Waals surface area contributed by atoms with Crippen LogP contribution in [-0.2, 0) is 6.42 Å². The fourth-order valence-electron chi connectivity index (χ4n) is 3.68. The van der Waals surface area contributed by atoms with Crippen LogP contribution in [0.1, 0.15) is 48.3 Å². The first-order chi connectivity index (χ1) is 8.92. The van der Waals surface area contributed by atoms with Crippen molar-refractivity contribution in [3.8, 4) is 11.1 Å². The Kier molecular flexibility index (Phi) is 2.29. The lowest BCUT2D eigenvalue weighted by molar-refractivity contribution is 0.722. The van der Waals surface area contributed by atoms with E-state index >= 15 is 0 Å². The lowest BCUT2D eigenvalue weighted by Gasteiger charge is -2.11. The average Bonchev–Trinajstić information content (AvgIpc) is 3.05. The summed E-state index contributed by atoms with van der Waals surface area (Å²) in [6, 6.07) is 16.0. The molecule has 2 aromatic carbocycles. The van der Waals surface area contributed by atoms with Gasteiger partial charge < -0.3 is 0 Å². The minimum atomic E-state index is 0.832. The van der Waals surface area contributed by atoms with Crippen molar-refractivity contribution in [2.45, 2.75) is 38.0 Å². The number of benzene rings is 2. The Balaban J connectivity index is 1.76. The van der Waals surface area contributed by atoms with Gasteiger partial charge in [-0.1, -0.05) is 55.3 Å². The van der Waals surface area contributed by atoms with Crippen molar-refractivity contribution in [3.63, 3.8) is 0 Å². The van der Waals surface area contributed by atoms with Crippen LogP contribution in [0.4, 0.5) is 0 Å². The van der Waals surface area contributed by atoms with Gasteiger partial charge in [-0.3, -0.25) is 0 Å².